The summed E-state index contributed by atoms with van der Waals surface area (Å²) in [7, 11) is -1.38. The Labute approximate surface area is 87.2 Å². The quantitative estimate of drug-likeness (QED) is 0.500. The second kappa shape index (κ2) is 4.12. The van der Waals surface area contributed by atoms with Crippen LogP contribution in [0.25, 0.3) is 0 Å². The van der Waals surface area contributed by atoms with Crippen molar-refractivity contribution in [1.82, 2.24) is 0 Å². The Hall–Kier alpha value is -0.853. The van der Waals surface area contributed by atoms with E-state index in [1.54, 1.807) is 6.08 Å². The lowest BCUT2D eigenvalue weighted by atomic mass is 9.98. The van der Waals surface area contributed by atoms with E-state index in [2.05, 4.69) is 32.0 Å². The van der Waals surface area contributed by atoms with Gasteiger partial charge in [0.2, 0.25) is 0 Å². The van der Waals surface area contributed by atoms with Crippen LogP contribution in [-0.2, 0) is 4.79 Å². The molecule has 0 spiro atoms. The van der Waals surface area contributed by atoms with Gasteiger partial charge >= 0.3 is 0 Å². The second-order valence-electron chi connectivity index (χ2n) is 4.79. The molecule has 0 aliphatic heterocycles. The molecule has 0 saturated carbocycles. The molecule has 1 aliphatic carbocycles. The molecule has 14 heavy (non-hydrogen) atoms. The van der Waals surface area contributed by atoms with E-state index >= 15 is 0 Å². The molecule has 0 unspecified atom stereocenters. The summed E-state index contributed by atoms with van der Waals surface area (Å²) in [5.74, 6) is 0.261. The van der Waals surface area contributed by atoms with Crippen LogP contribution in [0, 0.1) is 0 Å². The van der Waals surface area contributed by atoms with Crippen LogP contribution in [0.3, 0.4) is 0 Å². The Balaban J connectivity index is 3.03. The average Bonchev–Trinajstić information content (AvgIpc) is 2.02. The summed E-state index contributed by atoms with van der Waals surface area (Å²) in [6.07, 6.45) is 4.52. The molecule has 0 radical (unpaired) electrons. The Kier molecular flexibility index (Phi) is 3.30. The summed E-state index contributed by atoms with van der Waals surface area (Å²) in [5, 5.41) is 1.23. The van der Waals surface area contributed by atoms with Crippen molar-refractivity contribution in [3.8, 4) is 0 Å². The van der Waals surface area contributed by atoms with Gasteiger partial charge in [-0.3, -0.25) is 4.79 Å². The highest BCUT2D eigenvalue weighted by atomic mass is 28.3. The SMILES string of the molecule is C=C=C(C1=CC(=O)CCC1)[Si](C)(C)C. The molecule has 0 aromatic heterocycles. The molecule has 0 saturated heterocycles. The third-order valence-corrected chi connectivity index (χ3v) is 4.45. The first-order valence-corrected chi connectivity index (χ1v) is 8.59. The summed E-state index contributed by atoms with van der Waals surface area (Å²) < 4.78 is 0. The van der Waals surface area contributed by atoms with Gasteiger partial charge in [-0.15, -0.1) is 5.73 Å². The Bertz CT molecular complexity index is 325. The van der Waals surface area contributed by atoms with Crippen LogP contribution in [0.15, 0.2) is 29.2 Å². The molecule has 0 aromatic rings. The van der Waals surface area contributed by atoms with Crippen molar-refractivity contribution in [1.29, 1.82) is 0 Å². The van der Waals surface area contributed by atoms with E-state index in [1.165, 1.54) is 10.8 Å². The molecule has 0 aromatic carbocycles. The molecule has 1 aliphatic rings. The van der Waals surface area contributed by atoms with E-state index in [4.69, 9.17) is 0 Å². The van der Waals surface area contributed by atoms with Crippen LogP contribution < -0.4 is 0 Å². The molecule has 0 bridgehead atoms. The monoisotopic (exact) mass is 206 g/mol. The van der Waals surface area contributed by atoms with Gasteiger partial charge in [-0.05, 0) is 29.7 Å². The largest absolute Gasteiger partial charge is 0.295 e. The predicted molar refractivity (Wildman–Crippen MR) is 62.9 cm³/mol. The van der Waals surface area contributed by atoms with Gasteiger partial charge in [-0.2, -0.15) is 0 Å². The Morgan fingerprint density at radius 1 is 1.43 bits per heavy atom. The lowest BCUT2D eigenvalue weighted by Crippen LogP contribution is -2.26. The number of hydrogen-bond donors (Lipinski definition) is 0. The lowest BCUT2D eigenvalue weighted by Gasteiger charge is -2.23. The third-order valence-electron chi connectivity index (χ3n) is 2.45. The minimum absolute atomic E-state index is 0.261. The Morgan fingerprint density at radius 2 is 2.07 bits per heavy atom. The number of allylic oxidation sites excluding steroid dienone is 3. The van der Waals surface area contributed by atoms with E-state index in [9.17, 15) is 4.79 Å². The van der Waals surface area contributed by atoms with Crippen molar-refractivity contribution in [3.63, 3.8) is 0 Å². The molecular weight excluding hydrogens is 188 g/mol. The van der Waals surface area contributed by atoms with Crippen LogP contribution >= 0.6 is 0 Å². The molecule has 2 heteroatoms. The summed E-state index contributed by atoms with van der Waals surface area (Å²) in [4.78, 5) is 11.3. The van der Waals surface area contributed by atoms with E-state index in [0.717, 1.165) is 12.8 Å². The van der Waals surface area contributed by atoms with Gasteiger partial charge < -0.3 is 0 Å². The first-order valence-electron chi connectivity index (χ1n) is 5.09. The first-order chi connectivity index (χ1) is 6.45. The summed E-state index contributed by atoms with van der Waals surface area (Å²) in [5.41, 5.74) is 4.23. The average molecular weight is 206 g/mol. The van der Waals surface area contributed by atoms with E-state index in [1.807, 2.05) is 0 Å². The van der Waals surface area contributed by atoms with Gasteiger partial charge in [0.05, 0.1) is 8.07 Å². The fraction of sp³-hybridized carbons (Fsp3) is 0.500. The van der Waals surface area contributed by atoms with Crippen LogP contribution in [-0.4, -0.2) is 13.9 Å². The molecule has 1 nitrogen and oxygen atoms in total. The topological polar surface area (TPSA) is 17.1 Å². The molecule has 0 amide bonds. The fourth-order valence-corrected chi connectivity index (χ4v) is 3.54. The number of rotatable bonds is 2. The summed E-state index contributed by atoms with van der Waals surface area (Å²) >= 11 is 0. The standard InChI is InChI=1S/C12H18OSi/c1-5-12(14(2,3)4)10-7-6-8-11(13)9-10/h9H,1,6-8H2,2-4H3. The van der Waals surface area contributed by atoms with Crippen molar-refractivity contribution in [2.45, 2.75) is 38.9 Å². The number of hydrogen-bond acceptors (Lipinski definition) is 1. The molecular formula is C12H18OSi. The zero-order chi connectivity index (χ0) is 10.8. The Morgan fingerprint density at radius 3 is 2.50 bits per heavy atom. The smallest absolute Gasteiger partial charge is 0.155 e. The minimum atomic E-state index is -1.38. The zero-order valence-electron chi connectivity index (χ0n) is 9.31. The van der Waals surface area contributed by atoms with E-state index in [0.29, 0.717) is 6.42 Å². The molecule has 0 N–H and O–H groups in total. The third kappa shape index (κ3) is 2.57. The molecule has 1 rings (SSSR count). The highest BCUT2D eigenvalue weighted by Crippen LogP contribution is 2.28. The maximum atomic E-state index is 11.3. The first kappa shape index (κ1) is 11.2. The van der Waals surface area contributed by atoms with Gasteiger partial charge in [0.25, 0.3) is 0 Å². The molecule has 0 atom stereocenters. The second-order valence-corrected chi connectivity index (χ2v) is 9.79. The molecule has 0 fully saturated rings. The van der Waals surface area contributed by atoms with Gasteiger partial charge in [0, 0.05) is 6.42 Å². The van der Waals surface area contributed by atoms with Crippen LogP contribution in [0.1, 0.15) is 19.3 Å². The highest BCUT2D eigenvalue weighted by molar-refractivity contribution is 6.84. The number of carbonyl (C=O) groups excluding carboxylic acids is 1. The van der Waals surface area contributed by atoms with Gasteiger partial charge in [0.15, 0.2) is 5.78 Å². The lowest BCUT2D eigenvalue weighted by molar-refractivity contribution is -0.115. The van der Waals surface area contributed by atoms with Crippen molar-refractivity contribution in [2.24, 2.45) is 0 Å². The molecule has 0 heterocycles. The van der Waals surface area contributed by atoms with Crippen LogP contribution in [0.5, 0.6) is 0 Å². The van der Waals surface area contributed by atoms with E-state index in [-0.39, 0.29) is 5.78 Å². The minimum Gasteiger partial charge on any atom is -0.295 e. The van der Waals surface area contributed by atoms with Crippen LogP contribution in [0.2, 0.25) is 19.6 Å². The normalized spacial score (nSPS) is 17.4. The van der Waals surface area contributed by atoms with Crippen molar-refractivity contribution < 1.29 is 4.79 Å². The van der Waals surface area contributed by atoms with Gasteiger partial charge in [0.1, 0.15) is 0 Å². The number of ketones is 1. The van der Waals surface area contributed by atoms with Crippen molar-refractivity contribution in [3.05, 3.63) is 29.2 Å². The molecule has 76 valence electrons. The number of carbonyl (C=O) groups is 1. The van der Waals surface area contributed by atoms with Crippen molar-refractivity contribution in [2.75, 3.05) is 0 Å². The van der Waals surface area contributed by atoms with E-state index < -0.39 is 8.07 Å². The predicted octanol–water partition coefficient (Wildman–Crippen LogP) is 3.25. The zero-order valence-corrected chi connectivity index (χ0v) is 10.3. The summed E-state index contributed by atoms with van der Waals surface area (Å²) in [6, 6.07) is 0. The van der Waals surface area contributed by atoms with Gasteiger partial charge in [-0.25, -0.2) is 0 Å². The maximum absolute atomic E-state index is 11.3. The van der Waals surface area contributed by atoms with Crippen molar-refractivity contribution >= 4 is 13.9 Å². The van der Waals surface area contributed by atoms with Crippen LogP contribution in [0.4, 0.5) is 0 Å². The van der Waals surface area contributed by atoms with Gasteiger partial charge in [-0.1, -0.05) is 26.2 Å². The fourth-order valence-electron chi connectivity index (χ4n) is 1.85. The maximum Gasteiger partial charge on any atom is 0.155 e. The summed E-state index contributed by atoms with van der Waals surface area (Å²) in [6.45, 7) is 10.5. The highest BCUT2D eigenvalue weighted by Gasteiger charge is 2.24.